The van der Waals surface area contributed by atoms with Crippen LogP contribution in [0.5, 0.6) is 0 Å². The molecule has 3 amide bonds. The molecule has 5 unspecified atom stereocenters. The number of aliphatic hydroxyl groups is 1. The molecule has 0 aliphatic heterocycles. The molecule has 1 aromatic heterocycles. The van der Waals surface area contributed by atoms with Gasteiger partial charge >= 0.3 is 17.9 Å². The quantitative estimate of drug-likeness (QED) is 0.114. The van der Waals surface area contributed by atoms with Gasteiger partial charge in [-0.15, -0.1) is 0 Å². The Hall–Kier alpha value is -4.05. The highest BCUT2D eigenvalue weighted by molar-refractivity contribution is 5.95. The van der Waals surface area contributed by atoms with Gasteiger partial charge < -0.3 is 47.1 Å². The number of carbonyl (C=O) groups excluding carboxylic acids is 3. The van der Waals surface area contributed by atoms with Gasteiger partial charge in [0.25, 0.3) is 0 Å². The Kier molecular flexibility index (Phi) is 11.3. The van der Waals surface area contributed by atoms with Crippen LogP contribution < -0.4 is 21.7 Å². The predicted octanol–water partition coefficient (Wildman–Crippen LogP) is -3.46. The monoisotopic (exact) mass is 500 g/mol. The maximum Gasteiger partial charge on any atom is 0.328 e. The lowest BCUT2D eigenvalue weighted by atomic mass is 10.1. The van der Waals surface area contributed by atoms with Gasteiger partial charge in [-0.25, -0.2) is 9.78 Å². The highest BCUT2D eigenvalue weighted by Crippen LogP contribution is 2.05. The Balaban J connectivity index is 3.09. The Morgan fingerprint density at radius 2 is 1.57 bits per heavy atom. The SMILES string of the molecule is CC(O)C(NC(=O)C(CCC(=O)O)NC(=O)C(Cc1cnc[nH]1)NC(=O)C(N)CC(=O)O)C(=O)O. The van der Waals surface area contributed by atoms with Gasteiger partial charge in [0.05, 0.1) is 24.9 Å². The van der Waals surface area contributed by atoms with Gasteiger partial charge in [-0.05, 0) is 13.3 Å². The molecule has 0 aliphatic carbocycles. The number of nitrogens with one attached hydrogen (secondary N) is 4. The number of nitrogens with two attached hydrogens (primary N) is 1. The van der Waals surface area contributed by atoms with Crippen molar-refractivity contribution in [3.05, 3.63) is 18.2 Å². The zero-order valence-corrected chi connectivity index (χ0v) is 18.6. The van der Waals surface area contributed by atoms with E-state index in [4.69, 9.17) is 21.1 Å². The molecule has 1 heterocycles. The Morgan fingerprint density at radius 1 is 0.971 bits per heavy atom. The number of rotatable bonds is 15. The first-order valence-electron chi connectivity index (χ1n) is 10.3. The van der Waals surface area contributed by atoms with Crippen LogP contribution in [0, 0.1) is 0 Å². The number of amides is 3. The summed E-state index contributed by atoms with van der Waals surface area (Å²) in [5.41, 5.74) is 5.91. The zero-order valence-electron chi connectivity index (χ0n) is 18.6. The van der Waals surface area contributed by atoms with Crippen molar-refractivity contribution in [2.24, 2.45) is 5.73 Å². The van der Waals surface area contributed by atoms with Crippen molar-refractivity contribution >= 4 is 35.6 Å². The first kappa shape index (κ1) is 29.0. The van der Waals surface area contributed by atoms with E-state index in [9.17, 15) is 33.9 Å². The summed E-state index contributed by atoms with van der Waals surface area (Å²) < 4.78 is 0. The number of aliphatic hydroxyl groups excluding tert-OH is 1. The lowest BCUT2D eigenvalue weighted by Crippen LogP contribution is -2.58. The molecule has 35 heavy (non-hydrogen) atoms. The fraction of sp³-hybridized carbons (Fsp3) is 0.526. The van der Waals surface area contributed by atoms with Gasteiger partial charge in [0.15, 0.2) is 6.04 Å². The summed E-state index contributed by atoms with van der Waals surface area (Å²) in [5.74, 6) is -7.23. The number of carboxylic acids is 3. The molecule has 0 saturated carbocycles. The zero-order chi connectivity index (χ0) is 26.7. The van der Waals surface area contributed by atoms with Crippen molar-refractivity contribution in [3.63, 3.8) is 0 Å². The summed E-state index contributed by atoms with van der Waals surface area (Å²) in [7, 11) is 0. The molecule has 0 spiro atoms. The van der Waals surface area contributed by atoms with Gasteiger partial charge in [0.2, 0.25) is 17.7 Å². The molecule has 16 nitrogen and oxygen atoms in total. The third-order valence-electron chi connectivity index (χ3n) is 4.67. The minimum atomic E-state index is -1.73. The van der Waals surface area contributed by atoms with Crippen LogP contribution in [-0.4, -0.2) is 96.3 Å². The van der Waals surface area contributed by atoms with Crippen molar-refractivity contribution in [2.45, 2.75) is 62.9 Å². The Morgan fingerprint density at radius 3 is 2.06 bits per heavy atom. The second-order valence-corrected chi connectivity index (χ2v) is 7.61. The average molecular weight is 500 g/mol. The number of aliphatic carboxylic acids is 3. The Labute approximate surface area is 198 Å². The highest BCUT2D eigenvalue weighted by atomic mass is 16.4. The van der Waals surface area contributed by atoms with E-state index in [-0.39, 0.29) is 6.42 Å². The first-order valence-corrected chi connectivity index (χ1v) is 10.3. The molecule has 10 N–H and O–H groups in total. The summed E-state index contributed by atoms with van der Waals surface area (Å²) in [6.07, 6.45) is -0.782. The number of aromatic nitrogens is 2. The van der Waals surface area contributed by atoms with E-state index >= 15 is 0 Å². The van der Waals surface area contributed by atoms with Crippen molar-refractivity contribution in [2.75, 3.05) is 0 Å². The minimum Gasteiger partial charge on any atom is -0.481 e. The predicted molar refractivity (Wildman–Crippen MR) is 114 cm³/mol. The van der Waals surface area contributed by atoms with Crippen LogP contribution in [0.4, 0.5) is 0 Å². The fourth-order valence-corrected chi connectivity index (χ4v) is 2.84. The maximum atomic E-state index is 13.0. The van der Waals surface area contributed by atoms with Crippen molar-refractivity contribution < 1.29 is 49.2 Å². The molecule has 16 heteroatoms. The van der Waals surface area contributed by atoms with Crippen LogP contribution in [0.25, 0.3) is 0 Å². The average Bonchev–Trinajstić information content (AvgIpc) is 3.26. The number of aromatic amines is 1. The number of hydrogen-bond acceptors (Lipinski definition) is 9. The summed E-state index contributed by atoms with van der Waals surface area (Å²) in [4.78, 5) is 77.4. The van der Waals surface area contributed by atoms with E-state index < -0.39 is 85.2 Å². The second-order valence-electron chi connectivity index (χ2n) is 7.61. The fourth-order valence-electron chi connectivity index (χ4n) is 2.84. The maximum absolute atomic E-state index is 13.0. The van der Waals surface area contributed by atoms with Gasteiger partial charge in [-0.3, -0.25) is 24.0 Å². The molecule has 1 aromatic rings. The third kappa shape index (κ3) is 10.2. The van der Waals surface area contributed by atoms with E-state index in [0.717, 1.165) is 6.92 Å². The summed E-state index contributed by atoms with van der Waals surface area (Å²) >= 11 is 0. The molecule has 5 atom stereocenters. The van der Waals surface area contributed by atoms with E-state index in [1.807, 2.05) is 5.32 Å². The normalized spacial score (nSPS) is 15.1. The number of imidazole rings is 1. The standard InChI is InChI=1S/C19H28N6O10/c1-8(26)15(19(34)35)25-17(32)11(2-3-13(27)28)23-18(33)12(4-9-6-21-7-22-9)24-16(31)10(20)5-14(29)30/h6-8,10-12,15,26H,2-5,20H2,1H3,(H,21,22)(H,23,33)(H,24,31)(H,25,32)(H,27,28)(H,29,30)(H,34,35). The molecule has 0 saturated heterocycles. The van der Waals surface area contributed by atoms with E-state index in [1.165, 1.54) is 12.5 Å². The topological polar surface area (TPSA) is 274 Å². The van der Waals surface area contributed by atoms with Crippen LogP contribution in [0.2, 0.25) is 0 Å². The van der Waals surface area contributed by atoms with Crippen molar-refractivity contribution in [1.82, 2.24) is 25.9 Å². The minimum absolute atomic E-state index is 0.184. The number of carboxylic acid groups (broad SMARTS) is 3. The molecule has 1 rings (SSSR count). The van der Waals surface area contributed by atoms with Crippen LogP contribution in [0.1, 0.15) is 31.9 Å². The molecule has 0 aliphatic rings. The molecule has 0 radical (unpaired) electrons. The van der Waals surface area contributed by atoms with E-state index in [2.05, 4.69) is 20.6 Å². The largest absolute Gasteiger partial charge is 0.481 e. The molecule has 0 bridgehead atoms. The number of nitrogens with zero attached hydrogens (tertiary/aromatic N) is 1. The van der Waals surface area contributed by atoms with Gasteiger partial charge in [-0.2, -0.15) is 0 Å². The highest BCUT2D eigenvalue weighted by Gasteiger charge is 2.32. The lowest BCUT2D eigenvalue weighted by Gasteiger charge is -2.25. The number of carbonyl (C=O) groups is 6. The van der Waals surface area contributed by atoms with E-state index in [0.29, 0.717) is 5.69 Å². The smallest absolute Gasteiger partial charge is 0.328 e. The van der Waals surface area contributed by atoms with Crippen molar-refractivity contribution in [3.8, 4) is 0 Å². The van der Waals surface area contributed by atoms with E-state index in [1.54, 1.807) is 0 Å². The van der Waals surface area contributed by atoms with Gasteiger partial charge in [0.1, 0.15) is 12.1 Å². The molecular weight excluding hydrogens is 472 g/mol. The number of hydrogen-bond donors (Lipinski definition) is 9. The summed E-state index contributed by atoms with van der Waals surface area (Å²) in [5, 5.41) is 43.1. The van der Waals surface area contributed by atoms with Crippen LogP contribution in [0.15, 0.2) is 12.5 Å². The van der Waals surface area contributed by atoms with Crippen LogP contribution in [-0.2, 0) is 35.2 Å². The van der Waals surface area contributed by atoms with Crippen molar-refractivity contribution in [1.29, 1.82) is 0 Å². The lowest BCUT2D eigenvalue weighted by molar-refractivity contribution is -0.145. The van der Waals surface area contributed by atoms with Gasteiger partial charge in [0, 0.05) is 24.7 Å². The second kappa shape index (κ2) is 13.6. The summed E-state index contributed by atoms with van der Waals surface area (Å²) in [6.45, 7) is 1.11. The molecule has 0 fully saturated rings. The van der Waals surface area contributed by atoms with Crippen LogP contribution in [0.3, 0.4) is 0 Å². The first-order chi connectivity index (χ1) is 16.3. The molecular formula is C19H28N6O10. The Bertz CT molecular complexity index is 919. The van der Waals surface area contributed by atoms with Gasteiger partial charge in [-0.1, -0.05) is 0 Å². The summed E-state index contributed by atoms with van der Waals surface area (Å²) in [6, 6.07) is -6.16. The van der Waals surface area contributed by atoms with Crippen LogP contribution >= 0.6 is 0 Å². The molecule has 194 valence electrons. The molecule has 0 aromatic carbocycles. The third-order valence-corrected chi connectivity index (χ3v) is 4.67. The number of H-pyrrole nitrogens is 1.